The van der Waals surface area contributed by atoms with Gasteiger partial charge >= 0.3 is 0 Å². The molecule has 0 N–H and O–H groups in total. The molecule has 0 saturated heterocycles. The first-order valence-electron chi connectivity index (χ1n) is 4.72. The molecule has 5 heteroatoms. The van der Waals surface area contributed by atoms with E-state index in [1.807, 2.05) is 0 Å². The number of ketones is 1. The van der Waals surface area contributed by atoms with Crippen molar-refractivity contribution in [1.82, 2.24) is 9.59 Å². The third-order valence-electron chi connectivity index (χ3n) is 2.29. The molecule has 0 bridgehead atoms. The Balaban J connectivity index is 2.18. The summed E-state index contributed by atoms with van der Waals surface area (Å²) in [5.74, 6) is -0.321. The van der Waals surface area contributed by atoms with Crippen molar-refractivity contribution in [2.45, 2.75) is 13.3 Å². The molecular weight excluding hydrogens is 227 g/mol. The molecule has 1 heterocycles. The van der Waals surface area contributed by atoms with Crippen molar-refractivity contribution in [2.24, 2.45) is 0 Å². The smallest absolute Gasteiger partial charge is 0.180 e. The van der Waals surface area contributed by atoms with Crippen molar-refractivity contribution in [1.29, 1.82) is 0 Å². The maximum Gasteiger partial charge on any atom is 0.180 e. The number of nitrogens with zero attached hydrogens (tertiary/aromatic N) is 2. The molecule has 0 amide bonds. The van der Waals surface area contributed by atoms with E-state index >= 15 is 0 Å². The quantitative estimate of drug-likeness (QED) is 0.768. The summed E-state index contributed by atoms with van der Waals surface area (Å²) < 4.78 is 16.5. The summed E-state index contributed by atoms with van der Waals surface area (Å²) >= 11 is 1.07. The van der Waals surface area contributed by atoms with Crippen LogP contribution in [0.4, 0.5) is 4.39 Å². The number of hydrogen-bond donors (Lipinski definition) is 0. The summed E-state index contributed by atoms with van der Waals surface area (Å²) in [6, 6.07) is 4.42. The second-order valence-electron chi connectivity index (χ2n) is 3.45. The van der Waals surface area contributed by atoms with E-state index < -0.39 is 0 Å². The van der Waals surface area contributed by atoms with Crippen LogP contribution in [0.15, 0.2) is 24.4 Å². The fourth-order valence-electron chi connectivity index (χ4n) is 1.41. The number of rotatable bonds is 3. The van der Waals surface area contributed by atoms with Crippen LogP contribution in [0.2, 0.25) is 0 Å². The predicted molar refractivity (Wildman–Crippen MR) is 59.1 cm³/mol. The maximum absolute atomic E-state index is 12.9. The maximum atomic E-state index is 12.9. The SMILES string of the molecule is Cc1cc(F)ccc1CC(=O)c1cnns1. The zero-order chi connectivity index (χ0) is 11.5. The van der Waals surface area contributed by atoms with Crippen LogP contribution >= 0.6 is 11.5 Å². The van der Waals surface area contributed by atoms with E-state index in [4.69, 9.17) is 0 Å². The minimum Gasteiger partial charge on any atom is -0.293 e. The van der Waals surface area contributed by atoms with Gasteiger partial charge in [-0.3, -0.25) is 4.79 Å². The van der Waals surface area contributed by atoms with Gasteiger partial charge in [0, 0.05) is 6.42 Å². The summed E-state index contributed by atoms with van der Waals surface area (Å²) in [5.41, 5.74) is 1.62. The van der Waals surface area contributed by atoms with Crippen molar-refractivity contribution < 1.29 is 9.18 Å². The average molecular weight is 236 g/mol. The Labute approximate surface area is 96.1 Å². The van der Waals surface area contributed by atoms with Crippen LogP contribution in [-0.2, 0) is 6.42 Å². The molecule has 0 aliphatic rings. The lowest BCUT2D eigenvalue weighted by atomic mass is 10.0. The standard InChI is InChI=1S/C11H9FN2OS/c1-7-4-9(12)3-2-8(7)5-10(15)11-6-13-14-16-11/h2-4,6H,5H2,1H3. The van der Waals surface area contributed by atoms with Crippen molar-refractivity contribution in [2.75, 3.05) is 0 Å². The number of aryl methyl sites for hydroxylation is 1. The van der Waals surface area contributed by atoms with Crippen LogP contribution < -0.4 is 0 Å². The normalized spacial score (nSPS) is 10.4. The Hall–Kier alpha value is -1.62. The molecule has 1 aromatic carbocycles. The Kier molecular flexibility index (Phi) is 3.05. The van der Waals surface area contributed by atoms with E-state index in [1.54, 1.807) is 13.0 Å². The van der Waals surface area contributed by atoms with Gasteiger partial charge in [0.2, 0.25) is 0 Å². The van der Waals surface area contributed by atoms with Crippen molar-refractivity contribution in [3.63, 3.8) is 0 Å². The minimum absolute atomic E-state index is 0.0373. The molecule has 0 saturated carbocycles. The molecule has 0 fully saturated rings. The first kappa shape index (κ1) is 10.9. The van der Waals surface area contributed by atoms with E-state index in [9.17, 15) is 9.18 Å². The highest BCUT2D eigenvalue weighted by Gasteiger charge is 2.11. The van der Waals surface area contributed by atoms with Crippen molar-refractivity contribution in [3.8, 4) is 0 Å². The van der Waals surface area contributed by atoms with Crippen LogP contribution in [0.1, 0.15) is 20.8 Å². The van der Waals surface area contributed by atoms with Gasteiger partial charge in [-0.2, -0.15) is 0 Å². The number of Topliss-reactive ketones (excluding diaryl/α,β-unsaturated/α-hetero) is 1. The lowest BCUT2D eigenvalue weighted by Crippen LogP contribution is -2.03. The Morgan fingerprint density at radius 2 is 2.31 bits per heavy atom. The van der Waals surface area contributed by atoms with Crippen LogP contribution in [0, 0.1) is 12.7 Å². The molecule has 3 nitrogen and oxygen atoms in total. The molecule has 0 aliphatic heterocycles. The zero-order valence-electron chi connectivity index (χ0n) is 8.61. The molecule has 0 spiro atoms. The molecule has 2 aromatic rings. The Morgan fingerprint density at radius 3 is 2.94 bits per heavy atom. The lowest BCUT2D eigenvalue weighted by Gasteiger charge is -2.03. The highest BCUT2D eigenvalue weighted by atomic mass is 32.1. The van der Waals surface area contributed by atoms with Gasteiger partial charge in [-0.1, -0.05) is 10.6 Å². The van der Waals surface area contributed by atoms with Crippen LogP contribution in [0.3, 0.4) is 0 Å². The molecule has 0 unspecified atom stereocenters. The molecule has 0 radical (unpaired) electrons. The van der Waals surface area contributed by atoms with Gasteiger partial charge in [0.25, 0.3) is 0 Å². The number of halogens is 1. The summed E-state index contributed by atoms with van der Waals surface area (Å²) in [6.07, 6.45) is 1.71. The third-order valence-corrected chi connectivity index (χ3v) is 3.00. The summed E-state index contributed by atoms with van der Waals surface area (Å²) in [5, 5.41) is 3.61. The highest BCUT2D eigenvalue weighted by Crippen LogP contribution is 2.14. The highest BCUT2D eigenvalue weighted by molar-refractivity contribution is 7.07. The van der Waals surface area contributed by atoms with Gasteiger partial charge in [-0.25, -0.2) is 4.39 Å². The van der Waals surface area contributed by atoms with E-state index in [2.05, 4.69) is 9.59 Å². The topological polar surface area (TPSA) is 42.9 Å². The number of hydrogen-bond acceptors (Lipinski definition) is 4. The largest absolute Gasteiger partial charge is 0.293 e. The number of carbonyl (C=O) groups excluding carboxylic acids is 1. The fraction of sp³-hybridized carbons (Fsp3) is 0.182. The van der Waals surface area contributed by atoms with E-state index in [1.165, 1.54) is 18.3 Å². The summed E-state index contributed by atoms with van der Waals surface area (Å²) in [7, 11) is 0. The first-order chi connectivity index (χ1) is 7.66. The molecule has 0 atom stereocenters. The Morgan fingerprint density at radius 1 is 1.50 bits per heavy atom. The Bertz CT molecular complexity index is 511. The zero-order valence-corrected chi connectivity index (χ0v) is 9.42. The second-order valence-corrected chi connectivity index (χ2v) is 4.24. The van der Waals surface area contributed by atoms with Gasteiger partial charge in [-0.15, -0.1) is 5.10 Å². The number of aromatic nitrogens is 2. The molecule has 2 rings (SSSR count). The summed E-state index contributed by atoms with van der Waals surface area (Å²) in [6.45, 7) is 1.79. The summed E-state index contributed by atoms with van der Waals surface area (Å²) in [4.78, 5) is 12.3. The van der Waals surface area contributed by atoms with E-state index in [0.717, 1.165) is 22.7 Å². The van der Waals surface area contributed by atoms with Crippen molar-refractivity contribution in [3.05, 3.63) is 46.2 Å². The predicted octanol–water partition coefficient (Wildman–Crippen LogP) is 2.41. The van der Waals surface area contributed by atoms with Gasteiger partial charge in [0.05, 0.1) is 6.20 Å². The number of carbonyl (C=O) groups is 1. The third kappa shape index (κ3) is 2.30. The minimum atomic E-state index is -0.284. The monoisotopic (exact) mass is 236 g/mol. The van der Waals surface area contributed by atoms with E-state index in [0.29, 0.717) is 4.88 Å². The van der Waals surface area contributed by atoms with Crippen LogP contribution in [0.5, 0.6) is 0 Å². The van der Waals surface area contributed by atoms with Crippen LogP contribution in [-0.4, -0.2) is 15.4 Å². The van der Waals surface area contributed by atoms with E-state index in [-0.39, 0.29) is 18.0 Å². The van der Waals surface area contributed by atoms with Gasteiger partial charge in [0.15, 0.2) is 5.78 Å². The molecular formula is C11H9FN2OS. The van der Waals surface area contributed by atoms with Gasteiger partial charge in [0.1, 0.15) is 10.7 Å². The van der Waals surface area contributed by atoms with Gasteiger partial charge < -0.3 is 0 Å². The first-order valence-corrected chi connectivity index (χ1v) is 5.50. The molecule has 16 heavy (non-hydrogen) atoms. The average Bonchev–Trinajstić information content (AvgIpc) is 2.75. The molecule has 1 aromatic heterocycles. The van der Waals surface area contributed by atoms with Crippen molar-refractivity contribution >= 4 is 17.3 Å². The fourth-order valence-corrected chi connectivity index (χ4v) is 1.86. The van der Waals surface area contributed by atoms with Gasteiger partial charge in [-0.05, 0) is 41.7 Å². The molecule has 0 aliphatic carbocycles. The lowest BCUT2D eigenvalue weighted by molar-refractivity contribution is 0.0996. The number of benzene rings is 1. The second kappa shape index (κ2) is 4.49. The van der Waals surface area contributed by atoms with Crippen LogP contribution in [0.25, 0.3) is 0 Å². The molecule has 82 valence electrons.